The smallest absolute Gasteiger partial charge is 0.361 e. The Morgan fingerprint density at radius 1 is 1.14 bits per heavy atom. The van der Waals surface area contributed by atoms with Crippen LogP contribution in [-0.4, -0.2) is 41.0 Å². The number of nitrogens with zero attached hydrogens (tertiary/aromatic N) is 1. The minimum Gasteiger partial charge on any atom is -0.361 e. The van der Waals surface area contributed by atoms with Crippen molar-refractivity contribution in [3.8, 4) is 0 Å². The van der Waals surface area contributed by atoms with E-state index in [4.69, 9.17) is 0 Å². The topological polar surface area (TPSA) is 76.6 Å². The first-order valence-electron chi connectivity index (χ1n) is 8.75. The SMILES string of the molecule is CC(C)C(c1ccc(C(F)(F)F)cc1)N1NC(C(F)F)C2C(=O)NC(O)NC21. The molecule has 2 aliphatic rings. The van der Waals surface area contributed by atoms with E-state index >= 15 is 0 Å². The van der Waals surface area contributed by atoms with Crippen molar-refractivity contribution in [2.45, 2.75) is 51.1 Å². The lowest BCUT2D eigenvalue weighted by Crippen LogP contribution is -2.65. The van der Waals surface area contributed by atoms with Gasteiger partial charge in [-0.2, -0.15) is 13.2 Å². The van der Waals surface area contributed by atoms with Crippen LogP contribution in [0.5, 0.6) is 0 Å². The van der Waals surface area contributed by atoms with Crippen LogP contribution in [0, 0.1) is 11.8 Å². The molecule has 6 nitrogen and oxygen atoms in total. The minimum absolute atomic E-state index is 0.203. The fraction of sp³-hybridized carbons (Fsp3) is 0.588. The number of carbonyl (C=O) groups is 1. The minimum atomic E-state index is -4.49. The summed E-state index contributed by atoms with van der Waals surface area (Å²) in [5, 5.41) is 16.0. The van der Waals surface area contributed by atoms with Crippen LogP contribution in [0.2, 0.25) is 0 Å². The van der Waals surface area contributed by atoms with Gasteiger partial charge in [-0.15, -0.1) is 0 Å². The molecule has 0 aromatic heterocycles. The van der Waals surface area contributed by atoms with E-state index in [1.54, 1.807) is 13.8 Å². The predicted molar refractivity (Wildman–Crippen MR) is 88.4 cm³/mol. The van der Waals surface area contributed by atoms with Crippen LogP contribution < -0.4 is 16.1 Å². The molecule has 2 saturated heterocycles. The standard InChI is InChI=1S/C17H21F5N4O2/c1-7(2)12(8-3-5-9(6-4-8)17(20,21)22)26-14-10(11(25-26)13(18)19)15(27)24-16(28)23-14/h3-7,10-14,16,23,25,28H,1-2H3,(H,24,27). The Labute approximate surface area is 158 Å². The van der Waals surface area contributed by atoms with Gasteiger partial charge >= 0.3 is 6.18 Å². The van der Waals surface area contributed by atoms with Gasteiger partial charge in [-0.05, 0) is 23.6 Å². The van der Waals surface area contributed by atoms with Crippen molar-refractivity contribution < 1.29 is 31.9 Å². The molecule has 0 spiro atoms. The van der Waals surface area contributed by atoms with E-state index in [9.17, 15) is 31.9 Å². The largest absolute Gasteiger partial charge is 0.416 e. The zero-order chi connectivity index (χ0) is 20.8. The number of rotatable bonds is 4. The van der Waals surface area contributed by atoms with E-state index in [0.717, 1.165) is 12.1 Å². The van der Waals surface area contributed by atoms with Crippen molar-refractivity contribution in [2.75, 3.05) is 0 Å². The monoisotopic (exact) mass is 408 g/mol. The van der Waals surface area contributed by atoms with Crippen molar-refractivity contribution in [1.29, 1.82) is 0 Å². The molecule has 2 heterocycles. The molecule has 0 aliphatic carbocycles. The predicted octanol–water partition coefficient (Wildman–Crippen LogP) is 1.79. The highest BCUT2D eigenvalue weighted by Gasteiger charge is 2.54. The zero-order valence-electron chi connectivity index (χ0n) is 15.0. The Morgan fingerprint density at radius 2 is 1.75 bits per heavy atom. The molecule has 0 radical (unpaired) electrons. The van der Waals surface area contributed by atoms with Crippen LogP contribution in [0.1, 0.15) is 31.0 Å². The van der Waals surface area contributed by atoms with Crippen molar-refractivity contribution in [2.24, 2.45) is 11.8 Å². The molecule has 0 saturated carbocycles. The first-order chi connectivity index (χ1) is 13.0. The normalized spacial score (nSPS) is 29.9. The van der Waals surface area contributed by atoms with Crippen molar-refractivity contribution in [1.82, 2.24) is 21.1 Å². The lowest BCUT2D eigenvalue weighted by molar-refractivity contribution is -0.139. The van der Waals surface area contributed by atoms with Crippen LogP contribution in [0.25, 0.3) is 0 Å². The number of amides is 1. The number of halogens is 5. The number of hydrogen-bond acceptors (Lipinski definition) is 5. The maximum absolute atomic E-state index is 13.5. The fourth-order valence-corrected chi connectivity index (χ4v) is 3.83. The molecule has 11 heteroatoms. The van der Waals surface area contributed by atoms with E-state index in [-0.39, 0.29) is 5.92 Å². The van der Waals surface area contributed by atoms with Crippen LogP contribution in [0.3, 0.4) is 0 Å². The molecule has 1 amide bonds. The van der Waals surface area contributed by atoms with Gasteiger partial charge in [0.25, 0.3) is 6.43 Å². The Balaban J connectivity index is 1.96. The van der Waals surface area contributed by atoms with Crippen LogP contribution in [0.4, 0.5) is 22.0 Å². The quantitative estimate of drug-likeness (QED) is 0.572. The Bertz CT molecular complexity index is 712. The number of hydrazine groups is 1. The Hall–Kier alpha value is -1.82. The first-order valence-corrected chi connectivity index (χ1v) is 8.75. The van der Waals surface area contributed by atoms with Gasteiger partial charge in [-0.3, -0.25) is 10.1 Å². The lowest BCUT2D eigenvalue weighted by Gasteiger charge is -2.39. The van der Waals surface area contributed by atoms with Gasteiger partial charge in [0.05, 0.1) is 29.7 Å². The lowest BCUT2D eigenvalue weighted by atomic mass is 9.92. The van der Waals surface area contributed by atoms with Crippen LogP contribution in [0.15, 0.2) is 24.3 Å². The highest BCUT2D eigenvalue weighted by atomic mass is 19.4. The molecule has 5 unspecified atom stereocenters. The third-order valence-electron chi connectivity index (χ3n) is 5.02. The van der Waals surface area contributed by atoms with Gasteiger partial charge in [0, 0.05) is 0 Å². The number of nitrogens with one attached hydrogen (secondary N) is 3. The third kappa shape index (κ3) is 3.84. The molecular weight excluding hydrogens is 387 g/mol. The molecule has 0 bridgehead atoms. The molecule has 2 fully saturated rings. The summed E-state index contributed by atoms with van der Waals surface area (Å²) in [4.78, 5) is 12.2. The maximum atomic E-state index is 13.5. The van der Waals surface area contributed by atoms with Crippen molar-refractivity contribution >= 4 is 5.91 Å². The van der Waals surface area contributed by atoms with E-state index < -0.39 is 54.6 Å². The van der Waals surface area contributed by atoms with Crippen LogP contribution >= 0.6 is 0 Å². The summed E-state index contributed by atoms with van der Waals surface area (Å²) in [6.45, 7) is 3.57. The Kier molecular flexibility index (Phi) is 5.63. The van der Waals surface area contributed by atoms with Gasteiger partial charge in [0.15, 0.2) is 6.35 Å². The number of carbonyl (C=O) groups excluding carboxylic acids is 1. The number of fused-ring (bicyclic) bond motifs is 1. The summed E-state index contributed by atoms with van der Waals surface area (Å²) in [6, 6.07) is 2.32. The Morgan fingerprint density at radius 3 is 2.25 bits per heavy atom. The average Bonchev–Trinajstić information content (AvgIpc) is 2.94. The van der Waals surface area contributed by atoms with Crippen molar-refractivity contribution in [3.63, 3.8) is 0 Å². The van der Waals surface area contributed by atoms with Gasteiger partial charge in [-0.25, -0.2) is 19.2 Å². The van der Waals surface area contributed by atoms with Crippen molar-refractivity contribution in [3.05, 3.63) is 35.4 Å². The second-order valence-electron chi connectivity index (χ2n) is 7.25. The maximum Gasteiger partial charge on any atom is 0.416 e. The van der Waals surface area contributed by atoms with Gasteiger partial charge in [0.1, 0.15) is 0 Å². The van der Waals surface area contributed by atoms with E-state index in [1.807, 2.05) is 0 Å². The summed E-state index contributed by atoms with van der Waals surface area (Å²) >= 11 is 0. The second kappa shape index (κ2) is 7.54. The summed E-state index contributed by atoms with van der Waals surface area (Å²) in [7, 11) is 0. The molecule has 156 valence electrons. The number of alkyl halides is 5. The van der Waals surface area contributed by atoms with Crippen LogP contribution in [-0.2, 0) is 11.0 Å². The third-order valence-corrected chi connectivity index (χ3v) is 5.02. The van der Waals surface area contributed by atoms with E-state index in [2.05, 4.69) is 16.1 Å². The highest BCUT2D eigenvalue weighted by molar-refractivity contribution is 5.81. The number of benzene rings is 1. The molecular formula is C17H21F5N4O2. The highest BCUT2D eigenvalue weighted by Crippen LogP contribution is 2.38. The fourth-order valence-electron chi connectivity index (χ4n) is 3.83. The molecule has 4 N–H and O–H groups in total. The average molecular weight is 408 g/mol. The molecule has 2 aliphatic heterocycles. The summed E-state index contributed by atoms with van der Waals surface area (Å²) < 4.78 is 65.6. The molecule has 28 heavy (non-hydrogen) atoms. The summed E-state index contributed by atoms with van der Waals surface area (Å²) in [6.07, 6.45) is -9.73. The number of hydrogen-bond donors (Lipinski definition) is 4. The zero-order valence-corrected chi connectivity index (χ0v) is 15.0. The number of aliphatic hydroxyl groups is 1. The molecule has 1 aromatic rings. The first kappa shape index (κ1) is 20.9. The molecule has 5 atom stereocenters. The summed E-state index contributed by atoms with van der Waals surface area (Å²) in [5.74, 6) is -2.11. The van der Waals surface area contributed by atoms with Gasteiger partial charge in [0.2, 0.25) is 5.91 Å². The molecule has 1 aromatic carbocycles. The van der Waals surface area contributed by atoms with E-state index in [1.165, 1.54) is 17.1 Å². The van der Waals surface area contributed by atoms with Gasteiger partial charge < -0.3 is 10.4 Å². The van der Waals surface area contributed by atoms with E-state index in [0.29, 0.717) is 5.56 Å². The second-order valence-corrected chi connectivity index (χ2v) is 7.25. The summed E-state index contributed by atoms with van der Waals surface area (Å²) in [5.41, 5.74) is 2.28. The number of aliphatic hydroxyl groups excluding tert-OH is 1. The van der Waals surface area contributed by atoms with Gasteiger partial charge in [-0.1, -0.05) is 26.0 Å². The molecule has 3 rings (SSSR count).